The summed E-state index contributed by atoms with van der Waals surface area (Å²) in [6.07, 6.45) is 5.74. The SMILES string of the molecule is Cc1ncc(-c2ccc(OCCOC(C)C)cn2)c(N2CCC(C)(C)CC2)c1CC(=O)O. The van der Waals surface area contributed by atoms with Crippen LogP contribution in [-0.2, 0) is 16.0 Å². The van der Waals surface area contributed by atoms with Crippen molar-refractivity contribution >= 4 is 11.7 Å². The number of pyridine rings is 2. The number of hydrogen-bond donors (Lipinski definition) is 1. The van der Waals surface area contributed by atoms with Crippen LogP contribution in [0.15, 0.2) is 24.5 Å². The number of anilines is 1. The van der Waals surface area contributed by atoms with Crippen molar-refractivity contribution in [1.29, 1.82) is 0 Å². The number of nitrogens with zero attached hydrogens (tertiary/aromatic N) is 3. The second kappa shape index (κ2) is 10.3. The van der Waals surface area contributed by atoms with Crippen molar-refractivity contribution in [3.05, 3.63) is 35.8 Å². The van der Waals surface area contributed by atoms with Crippen LogP contribution in [0.4, 0.5) is 5.69 Å². The normalized spacial score (nSPS) is 15.8. The van der Waals surface area contributed by atoms with Crippen LogP contribution in [0.3, 0.4) is 0 Å². The zero-order valence-electron chi connectivity index (χ0n) is 19.9. The molecule has 0 radical (unpaired) electrons. The first kappa shape index (κ1) is 24.0. The zero-order valence-corrected chi connectivity index (χ0v) is 19.9. The van der Waals surface area contributed by atoms with Crippen LogP contribution >= 0.6 is 0 Å². The fourth-order valence-electron chi connectivity index (χ4n) is 3.95. The Morgan fingerprint density at radius 1 is 1.16 bits per heavy atom. The highest BCUT2D eigenvalue weighted by Crippen LogP contribution is 2.39. The van der Waals surface area contributed by atoms with Gasteiger partial charge in [0.25, 0.3) is 0 Å². The van der Waals surface area contributed by atoms with Gasteiger partial charge in [-0.1, -0.05) is 13.8 Å². The highest BCUT2D eigenvalue weighted by molar-refractivity contribution is 5.83. The number of aryl methyl sites for hydroxylation is 1. The fraction of sp³-hybridized carbons (Fsp3) is 0.560. The van der Waals surface area contributed by atoms with Gasteiger partial charge in [0.2, 0.25) is 0 Å². The maximum absolute atomic E-state index is 11.6. The summed E-state index contributed by atoms with van der Waals surface area (Å²) in [5.74, 6) is -0.181. The van der Waals surface area contributed by atoms with Gasteiger partial charge in [-0.25, -0.2) is 0 Å². The topological polar surface area (TPSA) is 84.8 Å². The smallest absolute Gasteiger partial charge is 0.307 e. The first-order chi connectivity index (χ1) is 15.2. The van der Waals surface area contributed by atoms with Crippen molar-refractivity contribution in [3.63, 3.8) is 0 Å². The highest BCUT2D eigenvalue weighted by Gasteiger charge is 2.29. The number of aliphatic carboxylic acids is 1. The third-order valence-corrected chi connectivity index (χ3v) is 5.94. The van der Waals surface area contributed by atoms with Gasteiger partial charge in [0, 0.05) is 36.1 Å². The van der Waals surface area contributed by atoms with Crippen LogP contribution in [-0.4, -0.2) is 53.5 Å². The fourth-order valence-corrected chi connectivity index (χ4v) is 3.95. The molecular weight excluding hydrogens is 406 g/mol. The highest BCUT2D eigenvalue weighted by atomic mass is 16.5. The van der Waals surface area contributed by atoms with Gasteiger partial charge in [-0.3, -0.25) is 14.8 Å². The molecule has 1 saturated heterocycles. The lowest BCUT2D eigenvalue weighted by molar-refractivity contribution is -0.136. The molecule has 0 aromatic carbocycles. The first-order valence-corrected chi connectivity index (χ1v) is 11.3. The number of hydrogen-bond acceptors (Lipinski definition) is 6. The molecule has 32 heavy (non-hydrogen) atoms. The molecule has 1 N–H and O–H groups in total. The molecule has 0 unspecified atom stereocenters. The van der Waals surface area contributed by atoms with E-state index in [1.165, 1.54) is 0 Å². The van der Waals surface area contributed by atoms with Crippen LogP contribution in [0.5, 0.6) is 5.75 Å². The molecule has 7 heteroatoms. The number of aromatic nitrogens is 2. The number of carbonyl (C=O) groups is 1. The van der Waals surface area contributed by atoms with E-state index in [4.69, 9.17) is 9.47 Å². The summed E-state index contributed by atoms with van der Waals surface area (Å²) >= 11 is 0. The van der Waals surface area contributed by atoms with E-state index >= 15 is 0 Å². The Labute approximate surface area is 190 Å². The number of carboxylic acids is 1. The van der Waals surface area contributed by atoms with E-state index in [0.717, 1.165) is 54.1 Å². The van der Waals surface area contributed by atoms with Crippen molar-refractivity contribution in [2.75, 3.05) is 31.2 Å². The molecule has 0 amide bonds. The molecule has 0 aliphatic carbocycles. The molecule has 2 aromatic rings. The van der Waals surface area contributed by atoms with Gasteiger partial charge < -0.3 is 19.5 Å². The summed E-state index contributed by atoms with van der Waals surface area (Å²) < 4.78 is 11.2. The Morgan fingerprint density at radius 3 is 2.47 bits per heavy atom. The van der Waals surface area contributed by atoms with Gasteiger partial charge in [0.1, 0.15) is 12.4 Å². The van der Waals surface area contributed by atoms with E-state index in [1.54, 1.807) is 6.20 Å². The van der Waals surface area contributed by atoms with Gasteiger partial charge in [-0.05, 0) is 51.2 Å². The summed E-state index contributed by atoms with van der Waals surface area (Å²) in [4.78, 5) is 23.1. The van der Waals surface area contributed by atoms with Crippen molar-refractivity contribution < 1.29 is 19.4 Å². The molecule has 0 spiro atoms. The monoisotopic (exact) mass is 441 g/mol. The molecular formula is C25H35N3O4. The maximum Gasteiger partial charge on any atom is 0.307 e. The third-order valence-electron chi connectivity index (χ3n) is 5.94. The predicted octanol–water partition coefficient (Wildman–Crippen LogP) is 4.51. The Bertz CT molecular complexity index is 916. The number of carboxylic acid groups (broad SMARTS) is 1. The van der Waals surface area contributed by atoms with Gasteiger partial charge in [0.05, 0.1) is 36.7 Å². The van der Waals surface area contributed by atoms with E-state index in [1.807, 2.05) is 39.1 Å². The molecule has 3 heterocycles. The van der Waals surface area contributed by atoms with Crippen molar-refractivity contribution in [2.24, 2.45) is 5.41 Å². The lowest BCUT2D eigenvalue weighted by atomic mass is 9.82. The third kappa shape index (κ3) is 6.19. The Hall–Kier alpha value is -2.67. The van der Waals surface area contributed by atoms with Crippen LogP contribution < -0.4 is 9.64 Å². The average Bonchev–Trinajstić information content (AvgIpc) is 2.73. The Kier molecular flexibility index (Phi) is 7.72. The second-order valence-electron chi connectivity index (χ2n) is 9.45. The van der Waals surface area contributed by atoms with Crippen LogP contribution in [0.2, 0.25) is 0 Å². The molecule has 0 bridgehead atoms. The van der Waals surface area contributed by atoms with Crippen molar-refractivity contribution in [3.8, 4) is 17.0 Å². The lowest BCUT2D eigenvalue weighted by Crippen LogP contribution is -2.38. The summed E-state index contributed by atoms with van der Waals surface area (Å²) in [5, 5.41) is 9.54. The minimum Gasteiger partial charge on any atom is -0.490 e. The molecule has 1 fully saturated rings. The van der Waals surface area contributed by atoms with Gasteiger partial charge in [0.15, 0.2) is 0 Å². The van der Waals surface area contributed by atoms with E-state index in [9.17, 15) is 9.90 Å². The predicted molar refractivity (Wildman–Crippen MR) is 125 cm³/mol. The van der Waals surface area contributed by atoms with Gasteiger partial charge in [-0.2, -0.15) is 0 Å². The summed E-state index contributed by atoms with van der Waals surface area (Å²) in [5.41, 5.74) is 4.38. The zero-order chi connectivity index (χ0) is 23.3. The first-order valence-electron chi connectivity index (χ1n) is 11.3. The molecule has 1 aliphatic rings. The molecule has 0 saturated carbocycles. The quantitative estimate of drug-likeness (QED) is 0.573. The van der Waals surface area contributed by atoms with E-state index in [0.29, 0.717) is 24.4 Å². The van der Waals surface area contributed by atoms with E-state index in [-0.39, 0.29) is 12.5 Å². The van der Waals surface area contributed by atoms with Crippen LogP contribution in [0.1, 0.15) is 51.8 Å². The van der Waals surface area contributed by atoms with Gasteiger partial charge >= 0.3 is 5.97 Å². The Morgan fingerprint density at radius 2 is 1.88 bits per heavy atom. The minimum absolute atomic E-state index is 0.0566. The maximum atomic E-state index is 11.6. The average molecular weight is 442 g/mol. The molecule has 174 valence electrons. The summed E-state index contributed by atoms with van der Waals surface area (Å²) in [6.45, 7) is 13.2. The number of ether oxygens (including phenoxy) is 2. The van der Waals surface area contributed by atoms with Crippen LogP contribution in [0.25, 0.3) is 11.3 Å². The summed E-state index contributed by atoms with van der Waals surface area (Å²) in [6, 6.07) is 3.80. The summed E-state index contributed by atoms with van der Waals surface area (Å²) in [7, 11) is 0. The molecule has 2 aromatic heterocycles. The standard InChI is InChI=1S/C25H35N3O4/c1-17(2)31-12-13-32-19-6-7-22(27-15-19)21-16-26-18(3)20(14-23(29)30)24(21)28-10-8-25(4,5)9-11-28/h6-7,15-17H,8-14H2,1-5H3,(H,29,30). The van der Waals surface area contributed by atoms with Crippen molar-refractivity contribution in [1.82, 2.24) is 9.97 Å². The minimum atomic E-state index is -0.856. The number of rotatable bonds is 9. The largest absolute Gasteiger partial charge is 0.490 e. The van der Waals surface area contributed by atoms with Crippen LogP contribution in [0, 0.1) is 12.3 Å². The van der Waals surface area contributed by atoms with E-state index < -0.39 is 5.97 Å². The molecule has 7 nitrogen and oxygen atoms in total. The lowest BCUT2D eigenvalue weighted by Gasteiger charge is -2.40. The van der Waals surface area contributed by atoms with Crippen molar-refractivity contribution in [2.45, 2.75) is 60.0 Å². The molecule has 0 atom stereocenters. The number of piperidine rings is 1. The molecule has 3 rings (SSSR count). The Balaban J connectivity index is 1.89. The van der Waals surface area contributed by atoms with Gasteiger partial charge in [-0.15, -0.1) is 0 Å². The van der Waals surface area contributed by atoms with E-state index in [2.05, 4.69) is 28.7 Å². The second-order valence-corrected chi connectivity index (χ2v) is 9.45. The molecule has 1 aliphatic heterocycles.